The third-order valence-corrected chi connectivity index (χ3v) is 4.86. The van der Waals surface area contributed by atoms with Gasteiger partial charge in [-0.15, -0.1) is 0 Å². The summed E-state index contributed by atoms with van der Waals surface area (Å²) in [7, 11) is 1.54. The molecule has 144 valence electrons. The highest BCUT2D eigenvalue weighted by Crippen LogP contribution is 2.32. The lowest BCUT2D eigenvalue weighted by Gasteiger charge is -2.14. The monoisotopic (exact) mass is 380 g/mol. The number of benzene rings is 2. The number of hydrogen-bond donors (Lipinski definition) is 3. The molecule has 0 unspecified atom stereocenters. The van der Waals surface area contributed by atoms with Gasteiger partial charge in [0.05, 0.1) is 29.3 Å². The molecule has 1 aliphatic heterocycles. The fourth-order valence-corrected chi connectivity index (χ4v) is 3.41. The summed E-state index contributed by atoms with van der Waals surface area (Å²) < 4.78 is 18.7. The molecule has 1 saturated heterocycles. The molecule has 0 bridgehead atoms. The Bertz CT molecular complexity index is 1020. The van der Waals surface area contributed by atoms with Crippen molar-refractivity contribution >= 4 is 29.0 Å². The van der Waals surface area contributed by atoms with E-state index in [2.05, 4.69) is 20.8 Å². The van der Waals surface area contributed by atoms with Gasteiger partial charge in [0.1, 0.15) is 11.6 Å². The SMILES string of the molecule is COc1c(C(=O)N[C@@H]2CCNC2)ccc2[nH]nc(C=Cc3ccc(F)cc3)c12. The predicted molar refractivity (Wildman–Crippen MR) is 107 cm³/mol. The lowest BCUT2D eigenvalue weighted by Crippen LogP contribution is -2.36. The molecule has 1 aromatic heterocycles. The highest BCUT2D eigenvalue weighted by atomic mass is 19.1. The minimum atomic E-state index is -0.280. The van der Waals surface area contributed by atoms with Crippen molar-refractivity contribution in [2.45, 2.75) is 12.5 Å². The summed E-state index contributed by atoms with van der Waals surface area (Å²) in [5.74, 6) is 0.0349. The number of fused-ring (bicyclic) bond motifs is 1. The third kappa shape index (κ3) is 3.61. The Hall–Kier alpha value is -3.19. The normalized spacial score (nSPS) is 16.7. The number of halogens is 1. The molecule has 6 nitrogen and oxygen atoms in total. The van der Waals surface area contributed by atoms with Crippen LogP contribution >= 0.6 is 0 Å². The number of nitrogens with zero attached hydrogens (tertiary/aromatic N) is 1. The van der Waals surface area contributed by atoms with Crippen molar-refractivity contribution in [2.75, 3.05) is 20.2 Å². The molecule has 0 radical (unpaired) electrons. The van der Waals surface area contributed by atoms with Crippen LogP contribution in [-0.2, 0) is 0 Å². The van der Waals surface area contributed by atoms with Crippen LogP contribution in [0.3, 0.4) is 0 Å². The summed E-state index contributed by atoms with van der Waals surface area (Å²) in [5, 5.41) is 14.3. The molecule has 1 aliphatic rings. The molecule has 0 aliphatic carbocycles. The smallest absolute Gasteiger partial charge is 0.255 e. The molecule has 1 atom stereocenters. The maximum Gasteiger partial charge on any atom is 0.255 e. The first-order chi connectivity index (χ1) is 13.7. The van der Waals surface area contributed by atoms with E-state index in [9.17, 15) is 9.18 Å². The Balaban J connectivity index is 1.68. The van der Waals surface area contributed by atoms with Crippen molar-refractivity contribution in [1.29, 1.82) is 0 Å². The Morgan fingerprint density at radius 2 is 2.07 bits per heavy atom. The number of rotatable bonds is 5. The Labute approximate surface area is 161 Å². The highest BCUT2D eigenvalue weighted by molar-refractivity contribution is 6.05. The van der Waals surface area contributed by atoms with Gasteiger partial charge in [0, 0.05) is 12.6 Å². The second-order valence-corrected chi connectivity index (χ2v) is 6.73. The predicted octanol–water partition coefficient (Wildman–Crippen LogP) is 2.97. The molecular weight excluding hydrogens is 359 g/mol. The van der Waals surface area contributed by atoms with Crippen molar-refractivity contribution in [3.63, 3.8) is 0 Å². The number of H-pyrrole nitrogens is 1. The van der Waals surface area contributed by atoms with E-state index in [0.29, 0.717) is 17.0 Å². The highest BCUT2D eigenvalue weighted by Gasteiger charge is 2.22. The lowest BCUT2D eigenvalue weighted by atomic mass is 10.1. The van der Waals surface area contributed by atoms with Gasteiger partial charge in [0.15, 0.2) is 0 Å². The van der Waals surface area contributed by atoms with Crippen molar-refractivity contribution in [1.82, 2.24) is 20.8 Å². The number of nitrogens with one attached hydrogen (secondary N) is 3. The molecule has 0 spiro atoms. The summed E-state index contributed by atoms with van der Waals surface area (Å²) in [6, 6.07) is 9.87. The van der Waals surface area contributed by atoms with Crippen LogP contribution in [0.1, 0.15) is 28.0 Å². The van der Waals surface area contributed by atoms with Crippen LogP contribution in [0.2, 0.25) is 0 Å². The number of carbonyl (C=O) groups is 1. The van der Waals surface area contributed by atoms with E-state index in [0.717, 1.165) is 36.0 Å². The zero-order chi connectivity index (χ0) is 19.5. The van der Waals surface area contributed by atoms with E-state index in [1.807, 2.05) is 18.2 Å². The Kier molecular flexibility index (Phi) is 5.08. The molecule has 2 heterocycles. The van der Waals surface area contributed by atoms with E-state index in [-0.39, 0.29) is 17.8 Å². The number of ether oxygens (including phenoxy) is 1. The van der Waals surface area contributed by atoms with Gasteiger partial charge in [-0.05, 0) is 48.9 Å². The van der Waals surface area contributed by atoms with E-state index in [1.165, 1.54) is 12.1 Å². The standard InChI is InChI=1S/C21H21FN4O2/c1-28-20-16(21(27)24-15-10-11-23-12-15)7-9-18-19(20)17(25-26-18)8-4-13-2-5-14(22)6-3-13/h2-9,15,23H,10-12H2,1H3,(H,24,27)(H,25,26)/t15-/m1/s1. The first kappa shape index (κ1) is 18.2. The Morgan fingerprint density at radius 1 is 1.25 bits per heavy atom. The summed E-state index contributed by atoms with van der Waals surface area (Å²) in [6.45, 7) is 1.68. The van der Waals surface area contributed by atoms with Gasteiger partial charge < -0.3 is 15.4 Å². The topological polar surface area (TPSA) is 79.0 Å². The zero-order valence-corrected chi connectivity index (χ0v) is 15.5. The molecular formula is C21H21FN4O2. The molecule has 4 rings (SSSR count). The van der Waals surface area contributed by atoms with Crippen LogP contribution in [0.25, 0.3) is 23.1 Å². The molecule has 3 aromatic rings. The first-order valence-electron chi connectivity index (χ1n) is 9.16. The molecule has 3 N–H and O–H groups in total. The number of amides is 1. The lowest BCUT2D eigenvalue weighted by molar-refractivity contribution is 0.0937. The fourth-order valence-electron chi connectivity index (χ4n) is 3.41. The quantitative estimate of drug-likeness (QED) is 0.636. The van der Waals surface area contributed by atoms with Crippen LogP contribution in [0, 0.1) is 5.82 Å². The van der Waals surface area contributed by atoms with Gasteiger partial charge in [-0.2, -0.15) is 5.10 Å². The van der Waals surface area contributed by atoms with E-state index >= 15 is 0 Å². The minimum absolute atomic E-state index is 0.120. The maximum absolute atomic E-state index is 13.1. The first-order valence-corrected chi connectivity index (χ1v) is 9.16. The van der Waals surface area contributed by atoms with Crippen LogP contribution < -0.4 is 15.4 Å². The van der Waals surface area contributed by atoms with Crippen molar-refractivity contribution in [3.8, 4) is 5.75 Å². The van der Waals surface area contributed by atoms with Crippen molar-refractivity contribution < 1.29 is 13.9 Å². The third-order valence-electron chi connectivity index (χ3n) is 4.86. The van der Waals surface area contributed by atoms with Crippen LogP contribution in [0.5, 0.6) is 5.75 Å². The number of methoxy groups -OCH3 is 1. The van der Waals surface area contributed by atoms with Crippen LogP contribution in [-0.4, -0.2) is 42.3 Å². The second-order valence-electron chi connectivity index (χ2n) is 6.73. The van der Waals surface area contributed by atoms with Crippen LogP contribution in [0.4, 0.5) is 4.39 Å². The molecule has 28 heavy (non-hydrogen) atoms. The summed E-state index contributed by atoms with van der Waals surface area (Å²) in [4.78, 5) is 12.8. The average molecular weight is 380 g/mol. The van der Waals surface area contributed by atoms with Gasteiger partial charge in [-0.25, -0.2) is 4.39 Å². The molecule has 1 fully saturated rings. The molecule has 1 amide bonds. The zero-order valence-electron chi connectivity index (χ0n) is 15.5. The number of aromatic nitrogens is 2. The van der Waals surface area contributed by atoms with Crippen molar-refractivity contribution in [3.05, 3.63) is 59.0 Å². The Morgan fingerprint density at radius 3 is 2.79 bits per heavy atom. The van der Waals surface area contributed by atoms with Crippen molar-refractivity contribution in [2.24, 2.45) is 0 Å². The van der Waals surface area contributed by atoms with E-state index in [1.54, 1.807) is 25.3 Å². The fraction of sp³-hybridized carbons (Fsp3) is 0.238. The summed E-state index contributed by atoms with van der Waals surface area (Å²) in [6.07, 6.45) is 4.57. The molecule has 0 saturated carbocycles. The average Bonchev–Trinajstić information content (AvgIpc) is 3.36. The second kappa shape index (κ2) is 7.82. The number of hydrogen-bond acceptors (Lipinski definition) is 4. The number of aromatic amines is 1. The van der Waals surface area contributed by atoms with E-state index < -0.39 is 0 Å². The number of carbonyl (C=O) groups excluding carboxylic acids is 1. The van der Waals surface area contributed by atoms with Gasteiger partial charge >= 0.3 is 0 Å². The van der Waals surface area contributed by atoms with Gasteiger partial charge in [-0.3, -0.25) is 9.89 Å². The largest absolute Gasteiger partial charge is 0.495 e. The minimum Gasteiger partial charge on any atom is -0.495 e. The van der Waals surface area contributed by atoms with Crippen LogP contribution in [0.15, 0.2) is 36.4 Å². The van der Waals surface area contributed by atoms with Gasteiger partial charge in [0.2, 0.25) is 0 Å². The maximum atomic E-state index is 13.1. The van der Waals surface area contributed by atoms with E-state index in [4.69, 9.17) is 4.74 Å². The van der Waals surface area contributed by atoms with Gasteiger partial charge in [-0.1, -0.05) is 18.2 Å². The van der Waals surface area contributed by atoms with Gasteiger partial charge in [0.25, 0.3) is 5.91 Å². The summed E-state index contributed by atoms with van der Waals surface area (Å²) >= 11 is 0. The molecule has 2 aromatic carbocycles. The molecule has 7 heteroatoms. The summed E-state index contributed by atoms with van der Waals surface area (Å²) in [5.41, 5.74) is 2.74.